The number of nitrogen functional groups attached to an aromatic ring is 1. The van der Waals surface area contributed by atoms with E-state index in [1.54, 1.807) is 0 Å². The first-order valence-corrected chi connectivity index (χ1v) is 5.23. The second-order valence-corrected chi connectivity index (χ2v) is 5.11. The molecule has 16 heavy (non-hydrogen) atoms. The van der Waals surface area contributed by atoms with Crippen LogP contribution in [0.2, 0.25) is 5.02 Å². The van der Waals surface area contributed by atoms with Gasteiger partial charge in [0.1, 0.15) is 11.2 Å². The normalized spacial score (nSPS) is 12.3. The van der Waals surface area contributed by atoms with Gasteiger partial charge in [0, 0.05) is 5.41 Å². The zero-order valence-corrected chi connectivity index (χ0v) is 10.0. The number of aromatic nitrogens is 1. The van der Waals surface area contributed by atoms with Gasteiger partial charge in [-0.05, 0) is 6.07 Å². The Kier molecular flexibility index (Phi) is 2.35. The second-order valence-electron chi connectivity index (χ2n) is 4.70. The zero-order valence-electron chi connectivity index (χ0n) is 9.27. The first-order valence-electron chi connectivity index (χ1n) is 4.85. The minimum absolute atomic E-state index is 0.0533. The van der Waals surface area contributed by atoms with Crippen molar-refractivity contribution in [3.8, 4) is 0 Å². The molecule has 0 aliphatic rings. The molecular weight excluding hydrogens is 231 g/mol. The third kappa shape index (κ3) is 1.63. The van der Waals surface area contributed by atoms with Gasteiger partial charge in [-0.2, -0.15) is 0 Å². The van der Waals surface area contributed by atoms with Gasteiger partial charge in [-0.3, -0.25) is 0 Å². The summed E-state index contributed by atoms with van der Waals surface area (Å²) in [5.74, 6) is -0.101. The lowest BCUT2D eigenvalue weighted by atomic mass is 9.97. The highest BCUT2D eigenvalue weighted by molar-refractivity contribution is 6.35. The monoisotopic (exact) mass is 242 g/mol. The van der Waals surface area contributed by atoms with Crippen molar-refractivity contribution in [1.82, 2.24) is 4.98 Å². The van der Waals surface area contributed by atoms with Crippen LogP contribution in [0.3, 0.4) is 0 Å². The predicted octanol–water partition coefficient (Wildman–Crippen LogP) is 3.50. The van der Waals surface area contributed by atoms with Crippen LogP contribution in [0.5, 0.6) is 0 Å². The molecule has 0 bridgehead atoms. The molecular formula is C11H12ClFN2O. The van der Waals surface area contributed by atoms with Gasteiger partial charge in [0.05, 0.1) is 5.02 Å². The quantitative estimate of drug-likeness (QED) is 0.720. The van der Waals surface area contributed by atoms with Crippen LogP contribution < -0.4 is 5.73 Å². The van der Waals surface area contributed by atoms with Crippen molar-refractivity contribution >= 4 is 28.4 Å². The average Bonchev–Trinajstić information content (AvgIpc) is 2.58. The number of benzene rings is 1. The fourth-order valence-electron chi connectivity index (χ4n) is 1.35. The van der Waals surface area contributed by atoms with Gasteiger partial charge in [-0.1, -0.05) is 32.4 Å². The van der Waals surface area contributed by atoms with Crippen LogP contribution in [0, 0.1) is 5.82 Å². The molecule has 0 spiro atoms. The maximum atomic E-state index is 13.3. The molecule has 1 aromatic heterocycles. The molecule has 0 unspecified atom stereocenters. The van der Waals surface area contributed by atoms with Crippen molar-refractivity contribution in [2.24, 2.45) is 0 Å². The zero-order chi connectivity index (χ0) is 12.1. The van der Waals surface area contributed by atoms with Crippen LogP contribution in [0.1, 0.15) is 26.7 Å². The Labute approximate surface area is 97.4 Å². The van der Waals surface area contributed by atoms with Crippen LogP contribution in [0.4, 0.5) is 10.1 Å². The number of nitrogens with two attached hydrogens (primary N) is 1. The third-order valence-electron chi connectivity index (χ3n) is 2.25. The van der Waals surface area contributed by atoms with Crippen molar-refractivity contribution in [2.45, 2.75) is 26.2 Å². The Bertz CT molecular complexity index is 557. The molecule has 0 aliphatic carbocycles. The molecule has 0 radical (unpaired) electrons. The molecule has 2 aromatic rings. The van der Waals surface area contributed by atoms with Crippen molar-refractivity contribution in [2.75, 3.05) is 5.73 Å². The highest BCUT2D eigenvalue weighted by Gasteiger charge is 2.23. The number of halogens is 2. The summed E-state index contributed by atoms with van der Waals surface area (Å²) in [6.07, 6.45) is 0. The van der Waals surface area contributed by atoms with Crippen molar-refractivity contribution in [3.63, 3.8) is 0 Å². The van der Waals surface area contributed by atoms with Gasteiger partial charge in [0.15, 0.2) is 11.4 Å². The molecule has 0 amide bonds. The number of oxazole rings is 1. The van der Waals surface area contributed by atoms with Crippen molar-refractivity contribution < 1.29 is 8.81 Å². The Hall–Kier alpha value is -1.29. The molecule has 0 fully saturated rings. The second kappa shape index (κ2) is 3.35. The lowest BCUT2D eigenvalue weighted by molar-refractivity contribution is 0.411. The molecule has 2 N–H and O–H groups in total. The van der Waals surface area contributed by atoms with Gasteiger partial charge in [0.25, 0.3) is 0 Å². The predicted molar refractivity (Wildman–Crippen MR) is 62.1 cm³/mol. The summed E-state index contributed by atoms with van der Waals surface area (Å²) in [4.78, 5) is 4.24. The Morgan fingerprint density at radius 2 is 2.06 bits per heavy atom. The summed E-state index contributed by atoms with van der Waals surface area (Å²) in [5, 5.41) is 0.209. The molecule has 3 nitrogen and oxygen atoms in total. The summed E-state index contributed by atoms with van der Waals surface area (Å²) in [6.45, 7) is 5.83. The Morgan fingerprint density at radius 1 is 1.44 bits per heavy atom. The summed E-state index contributed by atoms with van der Waals surface area (Å²) < 4.78 is 18.8. The summed E-state index contributed by atoms with van der Waals surface area (Å²) in [6, 6.07) is 1.15. The average molecular weight is 243 g/mol. The smallest absolute Gasteiger partial charge is 0.201 e. The van der Waals surface area contributed by atoms with Crippen LogP contribution in [0.25, 0.3) is 11.1 Å². The standard InChI is InChI=1S/C11H12ClFN2O/c1-11(2,3)10-15-8-5(12)4-6(13)7(14)9(8)16-10/h4H,14H2,1-3H3. The molecule has 0 atom stereocenters. The van der Waals surface area contributed by atoms with Gasteiger partial charge < -0.3 is 10.2 Å². The summed E-state index contributed by atoms with van der Waals surface area (Å²) in [5.41, 5.74) is 5.88. The SMILES string of the molecule is CC(C)(C)c1nc2c(Cl)cc(F)c(N)c2o1. The van der Waals surface area contributed by atoms with E-state index in [-0.39, 0.29) is 21.7 Å². The maximum Gasteiger partial charge on any atom is 0.201 e. The highest BCUT2D eigenvalue weighted by Crippen LogP contribution is 2.34. The fraction of sp³-hybridized carbons (Fsp3) is 0.364. The van der Waals surface area contributed by atoms with E-state index in [1.807, 2.05) is 20.8 Å². The summed E-state index contributed by atoms with van der Waals surface area (Å²) in [7, 11) is 0. The lowest BCUT2D eigenvalue weighted by Crippen LogP contribution is -2.10. The molecule has 2 rings (SSSR count). The molecule has 1 aromatic carbocycles. The lowest BCUT2D eigenvalue weighted by Gasteiger charge is -2.11. The minimum atomic E-state index is -0.589. The number of nitrogens with zero attached hydrogens (tertiary/aromatic N) is 1. The molecule has 1 heterocycles. The topological polar surface area (TPSA) is 52.0 Å². The van der Waals surface area contributed by atoms with Crippen LogP contribution in [0.15, 0.2) is 10.5 Å². The highest BCUT2D eigenvalue weighted by atomic mass is 35.5. The maximum absolute atomic E-state index is 13.3. The fourth-order valence-corrected chi connectivity index (χ4v) is 1.58. The van der Waals surface area contributed by atoms with E-state index in [4.69, 9.17) is 21.8 Å². The number of hydrogen-bond donors (Lipinski definition) is 1. The van der Waals surface area contributed by atoms with E-state index in [9.17, 15) is 4.39 Å². The van der Waals surface area contributed by atoms with Crippen LogP contribution in [-0.4, -0.2) is 4.98 Å². The van der Waals surface area contributed by atoms with E-state index >= 15 is 0 Å². The van der Waals surface area contributed by atoms with E-state index in [1.165, 1.54) is 0 Å². The van der Waals surface area contributed by atoms with E-state index < -0.39 is 5.82 Å². The van der Waals surface area contributed by atoms with E-state index in [0.29, 0.717) is 11.4 Å². The third-order valence-corrected chi connectivity index (χ3v) is 2.54. The number of anilines is 1. The van der Waals surface area contributed by atoms with Gasteiger partial charge >= 0.3 is 0 Å². The molecule has 0 aliphatic heterocycles. The number of rotatable bonds is 0. The molecule has 0 saturated carbocycles. The molecule has 86 valence electrons. The Balaban J connectivity index is 2.80. The van der Waals surface area contributed by atoms with E-state index in [2.05, 4.69) is 4.98 Å². The minimum Gasteiger partial charge on any atom is -0.438 e. The van der Waals surface area contributed by atoms with E-state index in [0.717, 1.165) is 6.07 Å². The number of hydrogen-bond acceptors (Lipinski definition) is 3. The first kappa shape index (κ1) is 11.2. The number of fused-ring (bicyclic) bond motifs is 1. The molecule has 5 heteroatoms. The first-order chi connectivity index (χ1) is 7.30. The van der Waals surface area contributed by atoms with Gasteiger partial charge in [0.2, 0.25) is 5.89 Å². The molecule has 0 saturated heterocycles. The van der Waals surface area contributed by atoms with Crippen LogP contribution >= 0.6 is 11.6 Å². The van der Waals surface area contributed by atoms with Crippen molar-refractivity contribution in [1.29, 1.82) is 0 Å². The Morgan fingerprint density at radius 3 is 2.62 bits per heavy atom. The van der Waals surface area contributed by atoms with Gasteiger partial charge in [-0.25, -0.2) is 9.37 Å². The van der Waals surface area contributed by atoms with Gasteiger partial charge in [-0.15, -0.1) is 0 Å². The largest absolute Gasteiger partial charge is 0.438 e. The summed E-state index contributed by atoms with van der Waals surface area (Å²) >= 11 is 5.88. The van der Waals surface area contributed by atoms with Crippen molar-refractivity contribution in [3.05, 3.63) is 22.8 Å². The van der Waals surface area contributed by atoms with Crippen LogP contribution in [-0.2, 0) is 5.41 Å².